The fraction of sp³-hybridized carbons (Fsp3) is 0.417. The van der Waals surface area contributed by atoms with Crippen LogP contribution in [0.1, 0.15) is 49.5 Å². The zero-order valence-corrected chi connectivity index (χ0v) is 18.3. The summed E-state index contributed by atoms with van der Waals surface area (Å²) in [6.07, 6.45) is 1.27. The topological polar surface area (TPSA) is 88.1 Å². The minimum absolute atomic E-state index is 0.0780. The van der Waals surface area contributed by atoms with Gasteiger partial charge in [-0.25, -0.2) is 9.59 Å². The number of benzene rings is 2. The van der Waals surface area contributed by atoms with E-state index in [1.807, 2.05) is 57.2 Å². The molecule has 1 saturated heterocycles. The predicted molar refractivity (Wildman–Crippen MR) is 119 cm³/mol. The maximum absolute atomic E-state index is 12.1. The van der Waals surface area contributed by atoms with Crippen molar-refractivity contribution in [3.63, 3.8) is 0 Å². The van der Waals surface area contributed by atoms with Crippen LogP contribution in [0.3, 0.4) is 0 Å². The van der Waals surface area contributed by atoms with E-state index in [0.717, 1.165) is 30.6 Å². The van der Waals surface area contributed by atoms with Crippen molar-refractivity contribution < 1.29 is 24.2 Å². The maximum Gasteiger partial charge on any atom is 0.407 e. The molecule has 1 unspecified atom stereocenters. The van der Waals surface area contributed by atoms with Gasteiger partial charge in [0.05, 0.1) is 5.56 Å². The molecule has 2 aromatic carbocycles. The monoisotopic (exact) mass is 426 g/mol. The summed E-state index contributed by atoms with van der Waals surface area (Å²) in [5.74, 6) is -0.507. The molecule has 0 bridgehead atoms. The molecule has 0 saturated carbocycles. The van der Waals surface area contributed by atoms with E-state index in [9.17, 15) is 14.7 Å². The Morgan fingerprint density at radius 2 is 1.90 bits per heavy atom. The van der Waals surface area contributed by atoms with Crippen LogP contribution < -0.4 is 15.0 Å². The third kappa shape index (κ3) is 6.91. The molecule has 2 N–H and O–H groups in total. The summed E-state index contributed by atoms with van der Waals surface area (Å²) in [7, 11) is 0. The van der Waals surface area contributed by atoms with Crippen molar-refractivity contribution in [3.05, 3.63) is 59.7 Å². The van der Waals surface area contributed by atoms with Crippen molar-refractivity contribution in [3.8, 4) is 5.75 Å². The Kier molecular flexibility index (Phi) is 7.05. The minimum Gasteiger partial charge on any atom is -0.489 e. The highest BCUT2D eigenvalue weighted by atomic mass is 16.6. The Hall–Kier alpha value is -3.22. The molecule has 1 aliphatic heterocycles. The van der Waals surface area contributed by atoms with Crippen molar-refractivity contribution in [1.82, 2.24) is 5.32 Å². The van der Waals surface area contributed by atoms with Gasteiger partial charge in [-0.2, -0.15) is 0 Å². The number of ether oxygens (including phenoxy) is 2. The first-order valence-electron chi connectivity index (χ1n) is 10.5. The van der Waals surface area contributed by atoms with Gasteiger partial charge >= 0.3 is 12.1 Å². The van der Waals surface area contributed by atoms with E-state index in [0.29, 0.717) is 18.9 Å². The number of hydrogen-bond acceptors (Lipinski definition) is 5. The molecule has 7 nitrogen and oxygen atoms in total. The van der Waals surface area contributed by atoms with Crippen molar-refractivity contribution in [2.45, 2.75) is 51.9 Å². The second-order valence-corrected chi connectivity index (χ2v) is 8.73. The van der Waals surface area contributed by atoms with E-state index < -0.39 is 17.7 Å². The van der Waals surface area contributed by atoms with Crippen LogP contribution >= 0.6 is 0 Å². The first-order valence-corrected chi connectivity index (χ1v) is 10.5. The fourth-order valence-electron chi connectivity index (χ4n) is 3.52. The number of carbonyl (C=O) groups is 2. The molecule has 2 aromatic rings. The molecule has 1 fully saturated rings. The molecular weight excluding hydrogens is 396 g/mol. The smallest absolute Gasteiger partial charge is 0.407 e. The van der Waals surface area contributed by atoms with Crippen LogP contribution in [0.15, 0.2) is 48.5 Å². The summed E-state index contributed by atoms with van der Waals surface area (Å²) < 4.78 is 11.2. The number of carbonyl (C=O) groups excluding carboxylic acids is 1. The summed E-state index contributed by atoms with van der Waals surface area (Å²) in [5, 5.41) is 12.5. The molecule has 1 heterocycles. The molecule has 1 aliphatic rings. The summed E-state index contributed by atoms with van der Waals surface area (Å²) in [5.41, 5.74) is 1.38. The van der Waals surface area contributed by atoms with E-state index in [4.69, 9.17) is 9.47 Å². The summed E-state index contributed by atoms with van der Waals surface area (Å²) in [4.78, 5) is 25.9. The number of amides is 1. The van der Waals surface area contributed by atoms with Crippen LogP contribution in [-0.4, -0.2) is 41.9 Å². The second-order valence-electron chi connectivity index (χ2n) is 8.73. The lowest BCUT2D eigenvalue weighted by atomic mass is 10.0. The first-order chi connectivity index (χ1) is 14.7. The quantitative estimate of drug-likeness (QED) is 0.709. The Labute approximate surface area is 183 Å². The van der Waals surface area contributed by atoms with Gasteiger partial charge in [-0.05, 0) is 51.3 Å². The zero-order valence-electron chi connectivity index (χ0n) is 18.3. The van der Waals surface area contributed by atoms with Crippen molar-refractivity contribution in [1.29, 1.82) is 0 Å². The van der Waals surface area contributed by atoms with Gasteiger partial charge in [0.25, 0.3) is 0 Å². The number of carboxylic acids is 1. The Morgan fingerprint density at radius 3 is 2.58 bits per heavy atom. The average molecular weight is 427 g/mol. The van der Waals surface area contributed by atoms with Crippen LogP contribution in [0.5, 0.6) is 5.75 Å². The summed E-state index contributed by atoms with van der Waals surface area (Å²) in [6, 6.07) is 14.7. The third-order valence-corrected chi connectivity index (χ3v) is 4.89. The summed E-state index contributed by atoms with van der Waals surface area (Å²) in [6.45, 7) is 7.18. The average Bonchev–Trinajstić information content (AvgIpc) is 2.71. The fourth-order valence-corrected chi connectivity index (χ4v) is 3.52. The number of nitrogens with zero attached hydrogens (tertiary/aromatic N) is 1. The van der Waals surface area contributed by atoms with Gasteiger partial charge in [0, 0.05) is 30.9 Å². The standard InChI is InChI=1S/C24H30N2O5/c1-24(2,3)31-23(29)25-19-10-7-11-26(15-19)20-12-18(22(27)28)13-21(14-20)30-16-17-8-5-4-6-9-17/h4-6,8-9,12-14,19H,7,10-11,15-16H2,1-3H3,(H,25,29)(H,27,28). The normalized spacial score (nSPS) is 16.5. The molecule has 0 aromatic heterocycles. The highest BCUT2D eigenvalue weighted by Gasteiger charge is 2.25. The number of nitrogens with one attached hydrogen (secondary N) is 1. The number of rotatable bonds is 6. The molecule has 0 spiro atoms. The van der Waals surface area contributed by atoms with Crippen LogP contribution in [0.25, 0.3) is 0 Å². The van der Waals surface area contributed by atoms with Crippen molar-refractivity contribution in [2.24, 2.45) is 0 Å². The highest BCUT2D eigenvalue weighted by molar-refractivity contribution is 5.89. The van der Waals surface area contributed by atoms with Crippen molar-refractivity contribution >= 4 is 17.7 Å². The van der Waals surface area contributed by atoms with E-state index in [1.54, 1.807) is 6.07 Å². The lowest BCUT2D eigenvalue weighted by molar-refractivity contribution is 0.0499. The number of alkyl carbamates (subject to hydrolysis) is 1. The number of hydrogen-bond donors (Lipinski definition) is 2. The maximum atomic E-state index is 12.1. The van der Waals surface area contributed by atoms with Gasteiger partial charge < -0.3 is 24.8 Å². The van der Waals surface area contributed by atoms with Crippen LogP contribution in [0, 0.1) is 0 Å². The van der Waals surface area contributed by atoms with Gasteiger partial charge in [0.1, 0.15) is 18.0 Å². The Morgan fingerprint density at radius 1 is 1.16 bits per heavy atom. The van der Waals surface area contributed by atoms with Crippen LogP contribution in [-0.2, 0) is 11.3 Å². The highest BCUT2D eigenvalue weighted by Crippen LogP contribution is 2.28. The van der Waals surface area contributed by atoms with E-state index in [2.05, 4.69) is 10.2 Å². The zero-order chi connectivity index (χ0) is 22.4. The largest absolute Gasteiger partial charge is 0.489 e. The van der Waals surface area contributed by atoms with Gasteiger partial charge in [-0.15, -0.1) is 0 Å². The molecule has 3 rings (SSSR count). The van der Waals surface area contributed by atoms with Crippen molar-refractivity contribution in [2.75, 3.05) is 18.0 Å². The molecule has 7 heteroatoms. The molecule has 166 valence electrons. The van der Waals surface area contributed by atoms with E-state index in [-0.39, 0.29) is 11.6 Å². The SMILES string of the molecule is CC(C)(C)OC(=O)NC1CCCN(c2cc(OCc3ccccc3)cc(C(=O)O)c2)C1. The Balaban J connectivity index is 1.71. The van der Waals surface area contributed by atoms with Crippen LogP contribution in [0.4, 0.5) is 10.5 Å². The minimum atomic E-state index is -1.01. The predicted octanol–water partition coefficient (Wildman–Crippen LogP) is 4.46. The lowest BCUT2D eigenvalue weighted by Crippen LogP contribution is -2.49. The molecule has 0 aliphatic carbocycles. The van der Waals surface area contributed by atoms with E-state index >= 15 is 0 Å². The number of anilines is 1. The lowest BCUT2D eigenvalue weighted by Gasteiger charge is -2.35. The molecule has 1 amide bonds. The van der Waals surface area contributed by atoms with Gasteiger partial charge in [-0.1, -0.05) is 30.3 Å². The summed E-state index contributed by atoms with van der Waals surface area (Å²) >= 11 is 0. The number of piperidine rings is 1. The number of aromatic carboxylic acids is 1. The second kappa shape index (κ2) is 9.73. The Bertz CT molecular complexity index is 908. The molecular formula is C24H30N2O5. The van der Waals surface area contributed by atoms with Gasteiger partial charge in [-0.3, -0.25) is 0 Å². The third-order valence-electron chi connectivity index (χ3n) is 4.89. The van der Waals surface area contributed by atoms with E-state index in [1.165, 1.54) is 6.07 Å². The van der Waals surface area contributed by atoms with Gasteiger partial charge in [0.2, 0.25) is 0 Å². The molecule has 0 radical (unpaired) electrons. The van der Waals surface area contributed by atoms with Crippen LogP contribution in [0.2, 0.25) is 0 Å². The molecule has 31 heavy (non-hydrogen) atoms. The molecule has 1 atom stereocenters. The van der Waals surface area contributed by atoms with Gasteiger partial charge in [0.15, 0.2) is 0 Å². The number of carboxylic acid groups (broad SMARTS) is 1. The first kappa shape index (κ1) is 22.5.